The summed E-state index contributed by atoms with van der Waals surface area (Å²) in [5.41, 5.74) is 3.01. The van der Waals surface area contributed by atoms with E-state index in [2.05, 4.69) is 5.32 Å². The number of nitrogens with one attached hydrogen (secondary N) is 1. The van der Waals surface area contributed by atoms with Gasteiger partial charge in [-0.3, -0.25) is 19.0 Å². The Morgan fingerprint density at radius 2 is 1.69 bits per heavy atom. The molecule has 3 rings (SSSR count). The summed E-state index contributed by atoms with van der Waals surface area (Å²) in [4.78, 5) is 37.4. The van der Waals surface area contributed by atoms with Crippen molar-refractivity contribution in [3.8, 4) is 0 Å². The van der Waals surface area contributed by atoms with Crippen LogP contribution in [0.15, 0.2) is 42.5 Å². The molecule has 0 unspecified atom stereocenters. The van der Waals surface area contributed by atoms with Gasteiger partial charge in [-0.05, 0) is 61.9 Å². The number of fused-ring (bicyclic) bond motifs is 1. The van der Waals surface area contributed by atoms with Gasteiger partial charge in [0.2, 0.25) is 5.91 Å². The summed E-state index contributed by atoms with van der Waals surface area (Å²) in [6.07, 6.45) is 0.0848. The molecule has 0 fully saturated rings. The second kappa shape index (κ2) is 8.80. The zero-order chi connectivity index (χ0) is 21.1. The minimum Gasteiger partial charge on any atom is -0.355 e. The van der Waals surface area contributed by atoms with E-state index < -0.39 is 0 Å². The van der Waals surface area contributed by atoms with Gasteiger partial charge in [0.1, 0.15) is 0 Å². The second-order valence-electron chi connectivity index (χ2n) is 6.72. The predicted octanol–water partition coefficient (Wildman–Crippen LogP) is 4.39. The van der Waals surface area contributed by atoms with Gasteiger partial charge in [0.05, 0.1) is 11.9 Å². The molecule has 0 bridgehead atoms. The monoisotopic (exact) mass is 430 g/mol. The van der Waals surface area contributed by atoms with E-state index in [9.17, 15) is 14.4 Å². The second-order valence-corrected chi connectivity index (χ2v) is 7.53. The lowest BCUT2D eigenvalue weighted by Gasteiger charge is -2.08. The Morgan fingerprint density at radius 1 is 1.03 bits per heavy atom. The summed E-state index contributed by atoms with van der Waals surface area (Å²) >= 11 is 11.6. The molecule has 0 aliphatic rings. The normalized spacial score (nSPS) is 10.9. The molecule has 150 valence electrons. The van der Waals surface area contributed by atoms with Crippen molar-refractivity contribution in [3.63, 3.8) is 0 Å². The Kier molecular flexibility index (Phi) is 6.40. The van der Waals surface area contributed by atoms with Gasteiger partial charge < -0.3 is 5.32 Å². The van der Waals surface area contributed by atoms with Gasteiger partial charge in [0.15, 0.2) is 5.78 Å². The third-order valence-electron chi connectivity index (χ3n) is 4.79. The largest absolute Gasteiger partial charge is 0.355 e. The summed E-state index contributed by atoms with van der Waals surface area (Å²) in [5, 5.41) is 3.99. The first-order valence-electron chi connectivity index (χ1n) is 9.11. The molecular formula is C22H20Cl2N2O3. The maximum Gasteiger partial charge on any atom is 0.262 e. The SMILES string of the molecule is CC(=O)c1ccc2c(c1)c(CC(=O)NCCCl)c(C)n2C(=O)c1ccc(Cl)cc1. The first-order valence-corrected chi connectivity index (χ1v) is 10.0. The van der Waals surface area contributed by atoms with Gasteiger partial charge in [0, 0.05) is 39.7 Å². The van der Waals surface area contributed by atoms with Gasteiger partial charge >= 0.3 is 0 Å². The molecule has 1 heterocycles. The Morgan fingerprint density at radius 3 is 2.31 bits per heavy atom. The third kappa shape index (κ3) is 4.36. The molecule has 0 radical (unpaired) electrons. The number of amides is 1. The van der Waals surface area contributed by atoms with Crippen molar-refractivity contribution < 1.29 is 14.4 Å². The first kappa shape index (κ1) is 21.1. The van der Waals surface area contributed by atoms with Crippen LogP contribution >= 0.6 is 23.2 Å². The minimum absolute atomic E-state index is 0.0844. The van der Waals surface area contributed by atoms with Crippen molar-refractivity contribution in [2.45, 2.75) is 20.3 Å². The number of carbonyl (C=O) groups is 3. The number of hydrogen-bond acceptors (Lipinski definition) is 3. The average molecular weight is 431 g/mol. The summed E-state index contributed by atoms with van der Waals surface area (Å²) in [5.74, 6) is -0.193. The van der Waals surface area contributed by atoms with Gasteiger partial charge in [0.25, 0.3) is 5.91 Å². The van der Waals surface area contributed by atoms with Crippen LogP contribution in [-0.2, 0) is 11.2 Å². The molecule has 1 amide bonds. The van der Waals surface area contributed by atoms with Crippen LogP contribution in [0, 0.1) is 6.92 Å². The number of carbonyl (C=O) groups excluding carboxylic acids is 3. The molecule has 2 aromatic carbocycles. The van der Waals surface area contributed by atoms with Crippen molar-refractivity contribution >= 4 is 51.7 Å². The zero-order valence-corrected chi connectivity index (χ0v) is 17.6. The lowest BCUT2D eigenvalue weighted by atomic mass is 10.0. The molecule has 0 saturated heterocycles. The molecule has 0 saturated carbocycles. The molecule has 3 aromatic rings. The van der Waals surface area contributed by atoms with E-state index >= 15 is 0 Å². The maximum absolute atomic E-state index is 13.2. The number of alkyl halides is 1. The lowest BCUT2D eigenvalue weighted by Crippen LogP contribution is -2.27. The van der Waals surface area contributed by atoms with E-state index in [-0.39, 0.29) is 24.0 Å². The van der Waals surface area contributed by atoms with Crippen LogP contribution in [0.5, 0.6) is 0 Å². The highest BCUT2D eigenvalue weighted by Gasteiger charge is 2.22. The van der Waals surface area contributed by atoms with Crippen molar-refractivity contribution in [2.75, 3.05) is 12.4 Å². The van der Waals surface area contributed by atoms with Crippen LogP contribution in [0.3, 0.4) is 0 Å². The molecule has 0 aliphatic heterocycles. The van der Waals surface area contributed by atoms with Gasteiger partial charge in [-0.2, -0.15) is 0 Å². The smallest absolute Gasteiger partial charge is 0.262 e. The fraction of sp³-hybridized carbons (Fsp3) is 0.227. The Bertz CT molecular complexity index is 1100. The maximum atomic E-state index is 13.2. The van der Waals surface area contributed by atoms with E-state index in [0.29, 0.717) is 50.7 Å². The fourth-order valence-corrected chi connectivity index (χ4v) is 3.54. The fourth-order valence-electron chi connectivity index (χ4n) is 3.32. The Labute approximate surface area is 178 Å². The molecule has 0 spiro atoms. The van der Waals surface area contributed by atoms with Crippen LogP contribution in [0.1, 0.15) is 38.9 Å². The predicted molar refractivity (Wildman–Crippen MR) is 115 cm³/mol. The zero-order valence-electron chi connectivity index (χ0n) is 16.1. The number of benzene rings is 2. The third-order valence-corrected chi connectivity index (χ3v) is 5.23. The molecule has 0 aliphatic carbocycles. The van der Waals surface area contributed by atoms with E-state index in [1.165, 1.54) is 6.92 Å². The lowest BCUT2D eigenvalue weighted by molar-refractivity contribution is -0.120. The summed E-state index contributed by atoms with van der Waals surface area (Å²) < 4.78 is 1.58. The molecular weight excluding hydrogens is 411 g/mol. The Balaban J connectivity index is 2.15. The van der Waals surface area contributed by atoms with Gasteiger partial charge in [-0.1, -0.05) is 11.6 Å². The standard InChI is InChI=1S/C22H20Cl2N2O3/c1-13-18(12-21(28)25-10-9-23)19-11-16(14(2)27)5-8-20(19)26(13)22(29)15-3-6-17(24)7-4-15/h3-8,11H,9-10,12H2,1-2H3,(H,25,28). The van der Waals surface area contributed by atoms with Crippen LogP contribution < -0.4 is 5.32 Å². The van der Waals surface area contributed by atoms with Crippen LogP contribution in [0.2, 0.25) is 5.02 Å². The van der Waals surface area contributed by atoms with E-state index in [0.717, 1.165) is 0 Å². The van der Waals surface area contributed by atoms with Gasteiger partial charge in [-0.15, -0.1) is 11.6 Å². The van der Waals surface area contributed by atoms with E-state index in [4.69, 9.17) is 23.2 Å². The van der Waals surface area contributed by atoms with Gasteiger partial charge in [-0.25, -0.2) is 0 Å². The Hall–Kier alpha value is -2.63. The number of halogens is 2. The molecule has 1 aromatic heterocycles. The highest BCUT2D eigenvalue weighted by molar-refractivity contribution is 6.30. The topological polar surface area (TPSA) is 68.2 Å². The molecule has 7 heteroatoms. The molecule has 5 nitrogen and oxygen atoms in total. The molecule has 29 heavy (non-hydrogen) atoms. The quantitative estimate of drug-likeness (QED) is 0.465. The van der Waals surface area contributed by atoms with Crippen molar-refractivity contribution in [2.24, 2.45) is 0 Å². The van der Waals surface area contributed by atoms with Crippen LogP contribution in [0.4, 0.5) is 0 Å². The minimum atomic E-state index is -0.229. The number of rotatable bonds is 6. The molecule has 0 atom stereocenters. The number of ketones is 1. The summed E-state index contributed by atoms with van der Waals surface area (Å²) in [6.45, 7) is 3.64. The van der Waals surface area contributed by atoms with Crippen molar-refractivity contribution in [1.29, 1.82) is 0 Å². The molecule has 1 N–H and O–H groups in total. The number of aromatic nitrogens is 1. The van der Waals surface area contributed by atoms with Crippen molar-refractivity contribution in [3.05, 3.63) is 69.9 Å². The summed E-state index contributed by atoms with van der Waals surface area (Å²) in [6, 6.07) is 11.8. The summed E-state index contributed by atoms with van der Waals surface area (Å²) in [7, 11) is 0. The number of Topliss-reactive ketones (excluding diaryl/α,β-unsaturated/α-hetero) is 1. The number of hydrogen-bond donors (Lipinski definition) is 1. The highest BCUT2D eigenvalue weighted by atomic mass is 35.5. The van der Waals surface area contributed by atoms with Crippen LogP contribution in [0.25, 0.3) is 10.9 Å². The van der Waals surface area contributed by atoms with Crippen molar-refractivity contribution in [1.82, 2.24) is 9.88 Å². The van der Waals surface area contributed by atoms with Crippen LogP contribution in [-0.4, -0.2) is 34.6 Å². The first-order chi connectivity index (χ1) is 13.8. The highest BCUT2D eigenvalue weighted by Crippen LogP contribution is 2.29. The average Bonchev–Trinajstić information content (AvgIpc) is 2.97. The van der Waals surface area contributed by atoms with E-state index in [1.807, 2.05) is 0 Å². The number of nitrogens with zero attached hydrogens (tertiary/aromatic N) is 1. The van der Waals surface area contributed by atoms with E-state index in [1.54, 1.807) is 54.0 Å².